The predicted octanol–water partition coefficient (Wildman–Crippen LogP) is 4.23. The highest BCUT2D eigenvalue weighted by Crippen LogP contribution is 2.36. The third kappa shape index (κ3) is 2.42. The van der Waals surface area contributed by atoms with Gasteiger partial charge in [0.2, 0.25) is 0 Å². The Labute approximate surface area is 93.7 Å². The molecule has 0 nitrogen and oxygen atoms in total. The molecule has 0 heterocycles. The van der Waals surface area contributed by atoms with E-state index >= 15 is 0 Å². The maximum atomic E-state index is 2.38. The minimum absolute atomic E-state index is 0.474. The molecule has 1 aliphatic carbocycles. The van der Waals surface area contributed by atoms with Gasteiger partial charge in [0, 0.05) is 0 Å². The molecule has 1 aliphatic rings. The fraction of sp³-hybridized carbons (Fsp3) is 0.600. The van der Waals surface area contributed by atoms with Crippen molar-refractivity contribution in [3.05, 3.63) is 35.4 Å². The topological polar surface area (TPSA) is 0 Å². The van der Waals surface area contributed by atoms with Crippen LogP contribution in [0.5, 0.6) is 0 Å². The Bertz CT molecular complexity index is 303. The predicted molar refractivity (Wildman–Crippen MR) is 66.0 cm³/mol. The summed E-state index contributed by atoms with van der Waals surface area (Å²) >= 11 is 0. The first kappa shape index (κ1) is 10.7. The molecule has 1 aromatic carbocycles. The first-order valence-electron chi connectivity index (χ1n) is 6.14. The van der Waals surface area contributed by atoms with Crippen LogP contribution in [0.25, 0.3) is 0 Å². The van der Waals surface area contributed by atoms with Gasteiger partial charge in [0.15, 0.2) is 0 Å². The lowest BCUT2D eigenvalue weighted by atomic mass is 9.76. The second kappa shape index (κ2) is 4.00. The Morgan fingerprint density at radius 3 is 1.80 bits per heavy atom. The summed E-state index contributed by atoms with van der Waals surface area (Å²) in [4.78, 5) is 0. The normalized spacial score (nSPS) is 18.3. The Hall–Kier alpha value is -0.780. The monoisotopic (exact) mass is 202 g/mol. The van der Waals surface area contributed by atoms with Gasteiger partial charge in [-0.05, 0) is 48.1 Å². The Morgan fingerprint density at radius 2 is 1.40 bits per heavy atom. The summed E-state index contributed by atoms with van der Waals surface area (Å²) in [5, 5.41) is 0. The lowest BCUT2D eigenvalue weighted by Crippen LogP contribution is -2.20. The van der Waals surface area contributed by atoms with E-state index in [2.05, 4.69) is 45.0 Å². The fourth-order valence-electron chi connectivity index (χ4n) is 2.72. The van der Waals surface area contributed by atoms with Crippen LogP contribution in [-0.2, 0) is 12.8 Å². The Balaban J connectivity index is 2.15. The van der Waals surface area contributed by atoms with Gasteiger partial charge < -0.3 is 0 Å². The smallest absolute Gasteiger partial charge is 0.0273 e. The molecule has 0 saturated heterocycles. The van der Waals surface area contributed by atoms with Crippen molar-refractivity contribution in [2.75, 3.05) is 0 Å². The van der Waals surface area contributed by atoms with Gasteiger partial charge in [0.25, 0.3) is 0 Å². The Kier molecular flexibility index (Phi) is 2.86. The van der Waals surface area contributed by atoms with Crippen molar-refractivity contribution in [3.8, 4) is 0 Å². The summed E-state index contributed by atoms with van der Waals surface area (Å²) in [7, 11) is 0. The van der Waals surface area contributed by atoms with Gasteiger partial charge in [-0.25, -0.2) is 0 Å². The zero-order valence-electron chi connectivity index (χ0n) is 10.2. The highest BCUT2D eigenvalue weighted by molar-refractivity contribution is 5.28. The van der Waals surface area contributed by atoms with E-state index in [0.717, 1.165) is 5.92 Å². The second-order valence-corrected chi connectivity index (χ2v) is 5.91. The lowest BCUT2D eigenvalue weighted by molar-refractivity contribution is 0.216. The molecule has 0 saturated carbocycles. The molecular formula is C15H22. The molecule has 0 heteroatoms. The summed E-state index contributed by atoms with van der Waals surface area (Å²) < 4.78 is 0. The number of hydrogen-bond donors (Lipinski definition) is 0. The molecule has 0 atom stereocenters. The van der Waals surface area contributed by atoms with Crippen molar-refractivity contribution in [2.45, 2.75) is 46.5 Å². The van der Waals surface area contributed by atoms with Gasteiger partial charge in [-0.15, -0.1) is 0 Å². The van der Waals surface area contributed by atoms with Gasteiger partial charge in [0.1, 0.15) is 0 Å². The van der Waals surface area contributed by atoms with Crippen molar-refractivity contribution in [2.24, 2.45) is 11.3 Å². The van der Waals surface area contributed by atoms with Crippen LogP contribution >= 0.6 is 0 Å². The zero-order valence-corrected chi connectivity index (χ0v) is 10.2. The van der Waals surface area contributed by atoms with Crippen LogP contribution in [0.4, 0.5) is 0 Å². The van der Waals surface area contributed by atoms with E-state index in [1.807, 2.05) is 0 Å². The van der Waals surface area contributed by atoms with Crippen molar-refractivity contribution in [3.63, 3.8) is 0 Å². The summed E-state index contributed by atoms with van der Waals surface area (Å²) in [6.45, 7) is 7.15. The van der Waals surface area contributed by atoms with Crippen LogP contribution in [0.2, 0.25) is 0 Å². The van der Waals surface area contributed by atoms with Crippen LogP contribution in [-0.4, -0.2) is 0 Å². The highest BCUT2D eigenvalue weighted by Gasteiger charge is 2.26. The first-order chi connectivity index (χ1) is 7.07. The number of fused-ring (bicyclic) bond motifs is 1. The summed E-state index contributed by atoms with van der Waals surface area (Å²) in [6, 6.07) is 8.97. The van der Waals surface area contributed by atoms with E-state index < -0.39 is 0 Å². The van der Waals surface area contributed by atoms with E-state index in [1.54, 1.807) is 11.1 Å². The summed E-state index contributed by atoms with van der Waals surface area (Å²) in [5.41, 5.74) is 3.65. The largest absolute Gasteiger partial charge is 0.0620 e. The third-order valence-corrected chi connectivity index (χ3v) is 3.87. The van der Waals surface area contributed by atoms with Crippen LogP contribution < -0.4 is 0 Å². The van der Waals surface area contributed by atoms with Gasteiger partial charge in [0.05, 0.1) is 0 Å². The molecule has 0 radical (unpaired) electrons. The number of rotatable bonds is 0. The SMILES string of the molecule is CC(C)(C)C1CCc2ccccc2CC1. The number of hydrogen-bond acceptors (Lipinski definition) is 0. The van der Waals surface area contributed by atoms with Crippen molar-refractivity contribution >= 4 is 0 Å². The fourth-order valence-corrected chi connectivity index (χ4v) is 2.72. The quantitative estimate of drug-likeness (QED) is 0.552. The van der Waals surface area contributed by atoms with Crippen LogP contribution in [0, 0.1) is 11.3 Å². The molecule has 82 valence electrons. The van der Waals surface area contributed by atoms with Gasteiger partial charge in [-0.1, -0.05) is 45.0 Å². The minimum Gasteiger partial charge on any atom is -0.0620 e. The minimum atomic E-state index is 0.474. The number of benzene rings is 1. The van der Waals surface area contributed by atoms with E-state index in [4.69, 9.17) is 0 Å². The van der Waals surface area contributed by atoms with Crippen molar-refractivity contribution < 1.29 is 0 Å². The van der Waals surface area contributed by atoms with Gasteiger partial charge in [-0.3, -0.25) is 0 Å². The highest BCUT2D eigenvalue weighted by atomic mass is 14.3. The molecule has 2 rings (SSSR count). The van der Waals surface area contributed by atoms with E-state index in [-0.39, 0.29) is 0 Å². The number of aryl methyl sites for hydroxylation is 2. The van der Waals surface area contributed by atoms with E-state index in [1.165, 1.54) is 25.7 Å². The summed E-state index contributed by atoms with van der Waals surface area (Å²) in [5.74, 6) is 0.880. The Morgan fingerprint density at radius 1 is 0.933 bits per heavy atom. The van der Waals surface area contributed by atoms with Gasteiger partial charge >= 0.3 is 0 Å². The van der Waals surface area contributed by atoms with E-state index in [9.17, 15) is 0 Å². The van der Waals surface area contributed by atoms with E-state index in [0.29, 0.717) is 5.41 Å². The maximum Gasteiger partial charge on any atom is -0.0273 e. The van der Waals surface area contributed by atoms with Gasteiger partial charge in [-0.2, -0.15) is 0 Å². The third-order valence-electron chi connectivity index (χ3n) is 3.87. The van der Waals surface area contributed by atoms with Crippen molar-refractivity contribution in [1.82, 2.24) is 0 Å². The van der Waals surface area contributed by atoms with Crippen LogP contribution in [0.15, 0.2) is 24.3 Å². The second-order valence-electron chi connectivity index (χ2n) is 5.91. The first-order valence-corrected chi connectivity index (χ1v) is 6.14. The molecule has 0 aromatic heterocycles. The molecule has 0 unspecified atom stereocenters. The van der Waals surface area contributed by atoms with Crippen LogP contribution in [0.3, 0.4) is 0 Å². The standard InChI is InChI=1S/C15H22/c1-15(2,3)14-10-8-12-6-4-5-7-13(12)9-11-14/h4-7,14H,8-11H2,1-3H3. The van der Waals surface area contributed by atoms with Crippen LogP contribution in [0.1, 0.15) is 44.7 Å². The average Bonchev–Trinajstić information content (AvgIpc) is 2.38. The molecular weight excluding hydrogens is 180 g/mol. The summed E-state index contributed by atoms with van der Waals surface area (Å²) in [6.07, 6.45) is 5.28. The maximum absolute atomic E-state index is 2.38. The molecule has 0 bridgehead atoms. The molecule has 15 heavy (non-hydrogen) atoms. The molecule has 0 fully saturated rings. The molecule has 0 N–H and O–H groups in total. The lowest BCUT2D eigenvalue weighted by Gasteiger charge is -2.29. The zero-order chi connectivity index (χ0) is 10.9. The van der Waals surface area contributed by atoms with Crippen molar-refractivity contribution in [1.29, 1.82) is 0 Å². The molecule has 0 spiro atoms. The molecule has 1 aromatic rings. The molecule has 0 aliphatic heterocycles. The average molecular weight is 202 g/mol. The molecule has 0 amide bonds.